The number of hydrogen-bond donors (Lipinski definition) is 2. The van der Waals surface area contributed by atoms with E-state index < -0.39 is 0 Å². The van der Waals surface area contributed by atoms with Gasteiger partial charge in [0.15, 0.2) is 5.96 Å². The maximum absolute atomic E-state index is 5.83. The Balaban J connectivity index is 0.00000441. The Bertz CT molecular complexity index is 452. The summed E-state index contributed by atoms with van der Waals surface area (Å²) in [5.74, 6) is 0.478. The van der Waals surface area contributed by atoms with Crippen LogP contribution in [-0.2, 0) is 16.6 Å². The average molecular weight is 419 g/mol. The average Bonchev–Trinajstić information content (AvgIpc) is 2.38. The van der Waals surface area contributed by atoms with E-state index in [2.05, 4.69) is 55.3 Å². The molecule has 0 heterocycles. The summed E-state index contributed by atoms with van der Waals surface area (Å²) >= 11 is 0. The molecule has 0 fully saturated rings. The minimum absolute atomic E-state index is 0. The van der Waals surface area contributed by atoms with Crippen molar-refractivity contribution in [3.63, 3.8) is 0 Å². The smallest absolute Gasteiger partial charge is 0.188 e. The molecule has 1 aromatic carbocycles. The van der Waals surface area contributed by atoms with Crippen LogP contribution in [0.15, 0.2) is 29.3 Å². The predicted octanol–water partition coefficient (Wildman–Crippen LogP) is 3.08. The lowest BCUT2D eigenvalue weighted by molar-refractivity contribution is 0.179. The Morgan fingerprint density at radius 2 is 1.86 bits per heavy atom. The van der Waals surface area contributed by atoms with Gasteiger partial charge in [0.2, 0.25) is 0 Å². The van der Waals surface area contributed by atoms with E-state index >= 15 is 0 Å². The van der Waals surface area contributed by atoms with E-state index in [0.29, 0.717) is 19.1 Å². The molecule has 0 radical (unpaired) electrons. The summed E-state index contributed by atoms with van der Waals surface area (Å²) in [6, 6.07) is 8.91. The number of nitrogens with two attached hydrogens (primary N) is 1. The molecule has 0 aliphatic carbocycles. The van der Waals surface area contributed by atoms with E-state index in [1.165, 1.54) is 11.1 Å². The Morgan fingerprint density at radius 3 is 2.36 bits per heavy atom. The topological polar surface area (TPSA) is 59.6 Å². The van der Waals surface area contributed by atoms with Gasteiger partial charge in [-0.2, -0.15) is 0 Å². The predicted molar refractivity (Wildman–Crippen MR) is 105 cm³/mol. The first kappa shape index (κ1) is 21.2. The molecular weight excluding hydrogens is 389 g/mol. The zero-order valence-corrected chi connectivity index (χ0v) is 16.7. The maximum atomic E-state index is 5.83. The molecule has 126 valence electrons. The highest BCUT2D eigenvalue weighted by Crippen LogP contribution is 2.22. The minimum Gasteiger partial charge on any atom is -0.383 e. The fourth-order valence-corrected chi connectivity index (χ4v) is 2.07. The second-order valence-corrected chi connectivity index (χ2v) is 6.46. The van der Waals surface area contributed by atoms with Crippen LogP contribution in [0.4, 0.5) is 0 Å². The quantitative estimate of drug-likeness (QED) is 0.423. The molecule has 1 unspecified atom stereocenters. The van der Waals surface area contributed by atoms with Crippen molar-refractivity contribution in [1.82, 2.24) is 5.32 Å². The van der Waals surface area contributed by atoms with E-state index in [0.717, 1.165) is 6.42 Å². The first-order valence-electron chi connectivity index (χ1n) is 7.47. The Labute approximate surface area is 151 Å². The standard InChI is InChI=1S/C17H29N3O.HI/c1-13(12-21-5)20-16(18)19-11-10-14-6-8-15(9-7-14)17(2,3)4;/h6-9,13H,10-12H2,1-5H3,(H3,18,19,20);1H. The van der Waals surface area contributed by atoms with Crippen molar-refractivity contribution in [2.24, 2.45) is 10.7 Å². The van der Waals surface area contributed by atoms with Gasteiger partial charge in [-0.1, -0.05) is 45.0 Å². The molecule has 1 rings (SSSR count). The Hall–Kier alpha value is -0.820. The van der Waals surface area contributed by atoms with Crippen LogP contribution in [0.25, 0.3) is 0 Å². The summed E-state index contributed by atoms with van der Waals surface area (Å²) < 4.78 is 5.04. The van der Waals surface area contributed by atoms with Crippen LogP contribution in [0.5, 0.6) is 0 Å². The van der Waals surface area contributed by atoms with Gasteiger partial charge in [-0.15, -0.1) is 24.0 Å². The van der Waals surface area contributed by atoms with Gasteiger partial charge >= 0.3 is 0 Å². The van der Waals surface area contributed by atoms with Crippen molar-refractivity contribution in [2.45, 2.75) is 45.6 Å². The van der Waals surface area contributed by atoms with Crippen LogP contribution >= 0.6 is 24.0 Å². The van der Waals surface area contributed by atoms with Gasteiger partial charge in [-0.3, -0.25) is 4.99 Å². The lowest BCUT2D eigenvalue weighted by Gasteiger charge is -2.19. The Morgan fingerprint density at radius 1 is 1.27 bits per heavy atom. The second-order valence-electron chi connectivity index (χ2n) is 6.46. The second kappa shape index (κ2) is 10.0. The van der Waals surface area contributed by atoms with Crippen LogP contribution in [0.2, 0.25) is 0 Å². The molecule has 0 bridgehead atoms. The lowest BCUT2D eigenvalue weighted by atomic mass is 9.86. The molecule has 3 N–H and O–H groups in total. The number of hydrogen-bond acceptors (Lipinski definition) is 2. The highest BCUT2D eigenvalue weighted by molar-refractivity contribution is 14.0. The molecule has 1 aromatic rings. The molecule has 0 spiro atoms. The van der Waals surface area contributed by atoms with Crippen LogP contribution < -0.4 is 11.1 Å². The number of aliphatic imine (C=N–C) groups is 1. The van der Waals surface area contributed by atoms with Gasteiger partial charge in [-0.05, 0) is 29.9 Å². The first-order chi connectivity index (χ1) is 9.82. The van der Waals surface area contributed by atoms with E-state index in [-0.39, 0.29) is 35.4 Å². The van der Waals surface area contributed by atoms with Crippen LogP contribution in [0, 0.1) is 0 Å². The van der Waals surface area contributed by atoms with Crippen molar-refractivity contribution >= 4 is 29.9 Å². The van der Waals surface area contributed by atoms with Crippen LogP contribution in [0.1, 0.15) is 38.8 Å². The molecule has 0 aliphatic heterocycles. The van der Waals surface area contributed by atoms with Gasteiger partial charge < -0.3 is 15.8 Å². The van der Waals surface area contributed by atoms with Gasteiger partial charge in [0.1, 0.15) is 0 Å². The molecule has 0 aromatic heterocycles. The zero-order valence-electron chi connectivity index (χ0n) is 14.3. The van der Waals surface area contributed by atoms with Crippen molar-refractivity contribution in [3.05, 3.63) is 35.4 Å². The summed E-state index contributed by atoms with van der Waals surface area (Å²) in [5, 5.41) is 3.10. The monoisotopic (exact) mass is 419 g/mol. The number of ether oxygens (including phenoxy) is 1. The summed E-state index contributed by atoms with van der Waals surface area (Å²) in [6.45, 7) is 9.98. The summed E-state index contributed by atoms with van der Waals surface area (Å²) in [5.41, 5.74) is 8.66. The summed E-state index contributed by atoms with van der Waals surface area (Å²) in [4.78, 5) is 4.34. The number of halogens is 1. The third-order valence-electron chi connectivity index (χ3n) is 3.31. The lowest BCUT2D eigenvalue weighted by Crippen LogP contribution is -2.40. The van der Waals surface area contributed by atoms with E-state index in [1.54, 1.807) is 7.11 Å². The maximum Gasteiger partial charge on any atom is 0.188 e. The molecule has 0 amide bonds. The van der Waals surface area contributed by atoms with Crippen LogP contribution in [0.3, 0.4) is 0 Å². The van der Waals surface area contributed by atoms with Crippen LogP contribution in [-0.4, -0.2) is 32.3 Å². The largest absolute Gasteiger partial charge is 0.383 e. The number of nitrogens with zero attached hydrogens (tertiary/aromatic N) is 1. The van der Waals surface area contributed by atoms with Crippen molar-refractivity contribution in [2.75, 3.05) is 20.3 Å². The highest BCUT2D eigenvalue weighted by Gasteiger charge is 2.12. The summed E-state index contributed by atoms with van der Waals surface area (Å²) in [7, 11) is 1.67. The normalized spacial score (nSPS) is 13.4. The van der Waals surface area contributed by atoms with Gasteiger partial charge in [0.25, 0.3) is 0 Å². The number of guanidine groups is 1. The first-order valence-corrected chi connectivity index (χ1v) is 7.47. The van der Waals surface area contributed by atoms with Gasteiger partial charge in [-0.25, -0.2) is 0 Å². The number of rotatable bonds is 6. The SMILES string of the molecule is COCC(C)NC(N)=NCCc1ccc(C(C)(C)C)cc1.I. The molecule has 0 saturated heterocycles. The third kappa shape index (κ3) is 7.98. The van der Waals surface area contributed by atoms with Crippen molar-refractivity contribution < 1.29 is 4.74 Å². The fraction of sp³-hybridized carbons (Fsp3) is 0.588. The molecule has 0 aliphatic rings. The molecular formula is C17H30IN3O. The van der Waals surface area contributed by atoms with Crippen molar-refractivity contribution in [1.29, 1.82) is 0 Å². The van der Waals surface area contributed by atoms with Gasteiger partial charge in [0, 0.05) is 19.7 Å². The molecule has 5 heteroatoms. The minimum atomic E-state index is 0. The molecule has 1 atom stereocenters. The molecule has 0 saturated carbocycles. The fourth-order valence-electron chi connectivity index (χ4n) is 2.07. The summed E-state index contributed by atoms with van der Waals surface area (Å²) in [6.07, 6.45) is 0.894. The third-order valence-corrected chi connectivity index (χ3v) is 3.31. The number of methoxy groups -OCH3 is 1. The molecule has 4 nitrogen and oxygen atoms in total. The van der Waals surface area contributed by atoms with Crippen molar-refractivity contribution in [3.8, 4) is 0 Å². The number of nitrogens with one attached hydrogen (secondary N) is 1. The highest BCUT2D eigenvalue weighted by atomic mass is 127. The zero-order chi connectivity index (χ0) is 15.9. The van der Waals surface area contributed by atoms with Gasteiger partial charge in [0.05, 0.1) is 6.61 Å². The van der Waals surface area contributed by atoms with E-state index in [9.17, 15) is 0 Å². The van der Waals surface area contributed by atoms with E-state index in [1.807, 2.05) is 6.92 Å². The molecule has 22 heavy (non-hydrogen) atoms. The Kier molecular flexibility index (Phi) is 9.67. The number of benzene rings is 1. The van der Waals surface area contributed by atoms with E-state index in [4.69, 9.17) is 10.5 Å².